The minimum atomic E-state index is -0.238. The molecule has 0 radical (unpaired) electrons. The quantitative estimate of drug-likeness (QED) is 0.845. The third kappa shape index (κ3) is 2.89. The summed E-state index contributed by atoms with van der Waals surface area (Å²) in [4.78, 5) is 11.4. The smallest absolute Gasteiger partial charge is 0.193 e. The molecule has 23 heavy (non-hydrogen) atoms. The van der Waals surface area contributed by atoms with Gasteiger partial charge in [-0.2, -0.15) is 0 Å². The minimum absolute atomic E-state index is 0.238. The zero-order chi connectivity index (χ0) is 15.9. The Morgan fingerprint density at radius 1 is 1.30 bits per heavy atom. The third-order valence-electron chi connectivity index (χ3n) is 4.84. The van der Waals surface area contributed by atoms with Crippen molar-refractivity contribution in [3.63, 3.8) is 0 Å². The topological polar surface area (TPSA) is 51.4 Å². The molecule has 0 atom stereocenters. The highest BCUT2D eigenvalue weighted by Gasteiger charge is 2.42. The van der Waals surface area contributed by atoms with E-state index in [-0.39, 0.29) is 5.60 Å². The number of aryl methyl sites for hydroxylation is 1. The maximum absolute atomic E-state index is 6.23. The second kappa shape index (κ2) is 5.89. The average Bonchev–Trinajstić information content (AvgIpc) is 2.96. The number of halogens is 1. The summed E-state index contributed by atoms with van der Waals surface area (Å²) in [6.07, 6.45) is 4.78. The standard InChI is InChI=1S/C17H20ClN3O2/c1-12-19-10-13-4-9-22-17(16(13)20-12)5-7-21(8-6-17)11-14-2-3-15(18)23-14/h2-3,10H,4-9,11H2,1H3. The van der Waals surface area contributed by atoms with Crippen LogP contribution < -0.4 is 0 Å². The van der Waals surface area contributed by atoms with Gasteiger partial charge >= 0.3 is 0 Å². The van der Waals surface area contributed by atoms with Crippen LogP contribution in [-0.2, 0) is 23.3 Å². The van der Waals surface area contributed by atoms with Gasteiger partial charge in [-0.15, -0.1) is 0 Å². The highest BCUT2D eigenvalue weighted by atomic mass is 35.5. The fraction of sp³-hybridized carbons (Fsp3) is 0.529. The number of rotatable bonds is 2. The lowest BCUT2D eigenvalue weighted by atomic mass is 9.83. The number of hydrogen-bond acceptors (Lipinski definition) is 5. The molecule has 1 spiro atoms. The van der Waals surface area contributed by atoms with E-state index in [1.165, 1.54) is 5.56 Å². The first kappa shape index (κ1) is 15.1. The molecule has 0 N–H and O–H groups in total. The van der Waals surface area contributed by atoms with Gasteiger partial charge in [-0.3, -0.25) is 4.90 Å². The van der Waals surface area contributed by atoms with Crippen molar-refractivity contribution in [1.82, 2.24) is 14.9 Å². The van der Waals surface area contributed by atoms with Gasteiger partial charge in [0.1, 0.15) is 17.2 Å². The van der Waals surface area contributed by atoms with Crippen LogP contribution in [0.1, 0.15) is 35.7 Å². The van der Waals surface area contributed by atoms with Crippen molar-refractivity contribution in [1.29, 1.82) is 0 Å². The summed E-state index contributed by atoms with van der Waals surface area (Å²) in [5, 5.41) is 0.449. The molecule has 0 unspecified atom stereocenters. The van der Waals surface area contributed by atoms with Gasteiger partial charge in [0.15, 0.2) is 5.22 Å². The normalized spacial score (nSPS) is 20.6. The molecule has 0 amide bonds. The van der Waals surface area contributed by atoms with Crippen LogP contribution in [0.4, 0.5) is 0 Å². The van der Waals surface area contributed by atoms with Gasteiger partial charge in [-0.05, 0) is 55.5 Å². The number of likely N-dealkylation sites (tertiary alicyclic amines) is 1. The molecule has 1 fully saturated rings. The molecule has 2 aromatic heterocycles. The second-order valence-corrected chi connectivity index (χ2v) is 6.74. The van der Waals surface area contributed by atoms with Gasteiger partial charge in [0.25, 0.3) is 0 Å². The molecular formula is C17H20ClN3O2. The molecule has 2 aliphatic rings. The summed E-state index contributed by atoms with van der Waals surface area (Å²) in [6.45, 7) is 5.41. The van der Waals surface area contributed by atoms with Gasteiger partial charge in [0.2, 0.25) is 0 Å². The second-order valence-electron chi connectivity index (χ2n) is 6.37. The first-order valence-corrected chi connectivity index (χ1v) is 8.46. The van der Waals surface area contributed by atoms with E-state index in [0.29, 0.717) is 5.22 Å². The van der Waals surface area contributed by atoms with E-state index in [0.717, 1.165) is 62.8 Å². The molecule has 5 nitrogen and oxygen atoms in total. The highest BCUT2D eigenvalue weighted by molar-refractivity contribution is 6.28. The van der Waals surface area contributed by atoms with Gasteiger partial charge in [-0.25, -0.2) is 9.97 Å². The Morgan fingerprint density at radius 3 is 2.87 bits per heavy atom. The molecule has 2 aromatic rings. The monoisotopic (exact) mass is 333 g/mol. The molecule has 0 aliphatic carbocycles. The Hall–Kier alpha value is -1.43. The van der Waals surface area contributed by atoms with Crippen molar-refractivity contribution in [3.05, 3.63) is 46.4 Å². The number of fused-ring (bicyclic) bond motifs is 2. The summed E-state index contributed by atoms with van der Waals surface area (Å²) in [5.41, 5.74) is 2.11. The summed E-state index contributed by atoms with van der Waals surface area (Å²) >= 11 is 5.85. The Bertz CT molecular complexity index is 708. The molecule has 1 saturated heterocycles. The van der Waals surface area contributed by atoms with Crippen molar-refractivity contribution < 1.29 is 9.15 Å². The fourth-order valence-corrected chi connectivity index (χ4v) is 3.77. The fourth-order valence-electron chi connectivity index (χ4n) is 3.61. The van der Waals surface area contributed by atoms with Crippen LogP contribution in [0.3, 0.4) is 0 Å². The van der Waals surface area contributed by atoms with E-state index in [1.807, 2.05) is 19.2 Å². The Balaban J connectivity index is 1.50. The van der Waals surface area contributed by atoms with Gasteiger partial charge in [0.05, 0.1) is 18.8 Å². The van der Waals surface area contributed by atoms with E-state index < -0.39 is 0 Å². The van der Waals surface area contributed by atoms with Crippen LogP contribution in [0.15, 0.2) is 22.7 Å². The van der Waals surface area contributed by atoms with Crippen LogP contribution >= 0.6 is 11.6 Å². The van der Waals surface area contributed by atoms with E-state index in [4.69, 9.17) is 25.7 Å². The number of nitrogens with zero attached hydrogens (tertiary/aromatic N) is 3. The number of ether oxygens (including phenoxy) is 1. The van der Waals surface area contributed by atoms with Gasteiger partial charge in [-0.1, -0.05) is 0 Å². The van der Waals surface area contributed by atoms with Crippen molar-refractivity contribution in [2.24, 2.45) is 0 Å². The number of piperidine rings is 1. The minimum Gasteiger partial charge on any atom is -0.448 e. The van der Waals surface area contributed by atoms with Crippen molar-refractivity contribution in [3.8, 4) is 0 Å². The molecular weight excluding hydrogens is 314 g/mol. The summed E-state index contributed by atoms with van der Waals surface area (Å²) in [5.74, 6) is 1.73. The number of hydrogen-bond donors (Lipinski definition) is 0. The molecule has 0 bridgehead atoms. The van der Waals surface area contributed by atoms with Crippen LogP contribution in [0.5, 0.6) is 0 Å². The zero-order valence-corrected chi connectivity index (χ0v) is 14.0. The molecule has 4 heterocycles. The van der Waals surface area contributed by atoms with Crippen molar-refractivity contribution in [2.45, 2.75) is 38.3 Å². The van der Waals surface area contributed by atoms with Crippen LogP contribution in [0, 0.1) is 6.92 Å². The maximum atomic E-state index is 6.23. The third-order valence-corrected chi connectivity index (χ3v) is 5.04. The van der Waals surface area contributed by atoms with Gasteiger partial charge in [0, 0.05) is 19.3 Å². The molecule has 0 aromatic carbocycles. The summed E-state index contributed by atoms with van der Waals surface area (Å²) < 4.78 is 11.7. The predicted molar refractivity (Wildman–Crippen MR) is 86.3 cm³/mol. The Labute approximate surface area is 140 Å². The zero-order valence-electron chi connectivity index (χ0n) is 13.2. The molecule has 6 heteroatoms. The van der Waals surface area contributed by atoms with Crippen LogP contribution in [0.25, 0.3) is 0 Å². The summed E-state index contributed by atoms with van der Waals surface area (Å²) in [7, 11) is 0. The Morgan fingerprint density at radius 2 is 2.13 bits per heavy atom. The lowest BCUT2D eigenvalue weighted by molar-refractivity contribution is -0.103. The van der Waals surface area contributed by atoms with E-state index in [9.17, 15) is 0 Å². The first-order chi connectivity index (χ1) is 11.1. The predicted octanol–water partition coefficient (Wildman–Crippen LogP) is 3.10. The van der Waals surface area contributed by atoms with Crippen LogP contribution in [0.2, 0.25) is 5.22 Å². The van der Waals surface area contributed by atoms with E-state index in [1.54, 1.807) is 6.07 Å². The van der Waals surface area contributed by atoms with E-state index in [2.05, 4.69) is 9.88 Å². The molecule has 4 rings (SSSR count). The Kier molecular flexibility index (Phi) is 3.87. The van der Waals surface area contributed by atoms with Crippen molar-refractivity contribution in [2.75, 3.05) is 19.7 Å². The summed E-state index contributed by atoms with van der Waals surface area (Å²) in [6, 6.07) is 3.73. The van der Waals surface area contributed by atoms with E-state index >= 15 is 0 Å². The molecule has 0 saturated carbocycles. The van der Waals surface area contributed by atoms with Crippen LogP contribution in [-0.4, -0.2) is 34.6 Å². The lowest BCUT2D eigenvalue weighted by Crippen LogP contribution is -2.47. The lowest BCUT2D eigenvalue weighted by Gasteiger charge is -2.43. The molecule has 122 valence electrons. The SMILES string of the molecule is Cc1ncc2c(n1)C1(CCN(Cc3ccc(Cl)o3)CC1)OCC2. The first-order valence-electron chi connectivity index (χ1n) is 8.08. The largest absolute Gasteiger partial charge is 0.448 e. The maximum Gasteiger partial charge on any atom is 0.193 e. The molecule has 2 aliphatic heterocycles. The van der Waals surface area contributed by atoms with Gasteiger partial charge < -0.3 is 9.15 Å². The number of furan rings is 1. The average molecular weight is 334 g/mol. The highest BCUT2D eigenvalue weighted by Crippen LogP contribution is 2.40. The number of aromatic nitrogens is 2. The van der Waals surface area contributed by atoms with Crippen molar-refractivity contribution >= 4 is 11.6 Å².